The molecule has 2 aromatic rings. The summed E-state index contributed by atoms with van der Waals surface area (Å²) in [5.41, 5.74) is -0.0969. The molecule has 0 spiro atoms. The van der Waals surface area contributed by atoms with E-state index in [0.717, 1.165) is 11.2 Å². The molecule has 4 nitrogen and oxygen atoms in total. The number of anilines is 1. The van der Waals surface area contributed by atoms with Crippen LogP contribution in [-0.2, 0) is 0 Å². The topological polar surface area (TPSA) is 49.0 Å². The van der Waals surface area contributed by atoms with E-state index in [9.17, 15) is 4.79 Å². The Morgan fingerprint density at radius 1 is 1.43 bits per heavy atom. The highest BCUT2D eigenvalue weighted by Crippen LogP contribution is 2.13. The minimum Gasteiger partial charge on any atom is -0.363 e. The van der Waals surface area contributed by atoms with E-state index in [2.05, 4.69) is 9.97 Å². The van der Waals surface area contributed by atoms with Crippen molar-refractivity contribution in [2.24, 2.45) is 0 Å². The maximum Gasteiger partial charge on any atom is 0.257 e. The van der Waals surface area contributed by atoms with Gasteiger partial charge >= 0.3 is 0 Å². The zero-order chi connectivity index (χ0) is 10.1. The second kappa shape index (κ2) is 3.14. The molecule has 0 aromatic carbocycles. The highest BCUT2D eigenvalue weighted by Gasteiger charge is 2.01. The van der Waals surface area contributed by atoms with Gasteiger partial charge in [-0.3, -0.25) is 4.79 Å². The summed E-state index contributed by atoms with van der Waals surface area (Å²) in [6.45, 7) is 0. The Morgan fingerprint density at radius 3 is 2.93 bits per heavy atom. The van der Waals surface area contributed by atoms with E-state index < -0.39 is 0 Å². The molecule has 0 aliphatic carbocycles. The Kier molecular flexibility index (Phi) is 1.96. The minimum absolute atomic E-state index is 0.0969. The van der Waals surface area contributed by atoms with Crippen LogP contribution in [0.5, 0.6) is 0 Å². The summed E-state index contributed by atoms with van der Waals surface area (Å²) in [5, 5.41) is 1.53. The maximum atomic E-state index is 11.4. The lowest BCUT2D eigenvalue weighted by atomic mass is 10.2. The quantitative estimate of drug-likeness (QED) is 0.727. The SMILES string of the molecule is CN(C)c1cc2cc[nH]c(=O)c2cn1. The summed E-state index contributed by atoms with van der Waals surface area (Å²) in [4.78, 5) is 20.0. The molecule has 4 heteroatoms. The zero-order valence-electron chi connectivity index (χ0n) is 8.11. The summed E-state index contributed by atoms with van der Waals surface area (Å²) in [5.74, 6) is 0.850. The standard InChI is InChI=1S/C10H11N3O/c1-13(2)9-5-7-3-4-11-10(14)8(7)6-12-9/h3-6H,1-2H3,(H,11,14). The fourth-order valence-corrected chi connectivity index (χ4v) is 1.32. The van der Waals surface area contributed by atoms with Gasteiger partial charge in [-0.2, -0.15) is 0 Å². The molecule has 2 heterocycles. The van der Waals surface area contributed by atoms with Crippen molar-refractivity contribution in [2.45, 2.75) is 0 Å². The summed E-state index contributed by atoms with van der Waals surface area (Å²) in [6, 6.07) is 3.76. The van der Waals surface area contributed by atoms with Crippen molar-refractivity contribution in [1.29, 1.82) is 0 Å². The third kappa shape index (κ3) is 1.35. The van der Waals surface area contributed by atoms with Crippen molar-refractivity contribution < 1.29 is 0 Å². The average Bonchev–Trinajstić information content (AvgIpc) is 2.17. The van der Waals surface area contributed by atoms with Gasteiger partial charge < -0.3 is 9.88 Å². The fourth-order valence-electron chi connectivity index (χ4n) is 1.32. The first-order valence-electron chi connectivity index (χ1n) is 4.33. The largest absolute Gasteiger partial charge is 0.363 e. The summed E-state index contributed by atoms with van der Waals surface area (Å²) in [7, 11) is 3.84. The van der Waals surface area contributed by atoms with Gasteiger partial charge in [0.15, 0.2) is 0 Å². The molecule has 0 amide bonds. The van der Waals surface area contributed by atoms with Crippen LogP contribution in [0.25, 0.3) is 10.8 Å². The maximum absolute atomic E-state index is 11.4. The Balaban J connectivity index is 2.74. The van der Waals surface area contributed by atoms with E-state index in [4.69, 9.17) is 0 Å². The summed E-state index contributed by atoms with van der Waals surface area (Å²) in [6.07, 6.45) is 3.24. The van der Waals surface area contributed by atoms with Gasteiger partial charge in [0.2, 0.25) is 0 Å². The molecule has 2 rings (SSSR count). The summed E-state index contributed by atoms with van der Waals surface area (Å²) < 4.78 is 0. The van der Waals surface area contributed by atoms with Crippen LogP contribution in [-0.4, -0.2) is 24.1 Å². The molecule has 1 N–H and O–H groups in total. The second-order valence-corrected chi connectivity index (χ2v) is 3.33. The number of pyridine rings is 2. The van der Waals surface area contributed by atoms with Crippen LogP contribution < -0.4 is 10.5 Å². The monoisotopic (exact) mass is 189 g/mol. The molecule has 0 unspecified atom stereocenters. The number of hydrogen-bond donors (Lipinski definition) is 1. The second-order valence-electron chi connectivity index (χ2n) is 3.33. The zero-order valence-corrected chi connectivity index (χ0v) is 8.11. The van der Waals surface area contributed by atoms with Crippen LogP contribution in [0, 0.1) is 0 Å². The molecule has 0 aliphatic rings. The molecule has 0 saturated heterocycles. The van der Waals surface area contributed by atoms with Crippen LogP contribution in [0.1, 0.15) is 0 Å². The van der Waals surface area contributed by atoms with Crippen molar-refractivity contribution >= 4 is 16.6 Å². The van der Waals surface area contributed by atoms with Crippen LogP contribution in [0.4, 0.5) is 5.82 Å². The third-order valence-corrected chi connectivity index (χ3v) is 2.10. The molecular formula is C10H11N3O. The number of nitrogens with zero attached hydrogens (tertiary/aromatic N) is 2. The molecule has 72 valence electrons. The number of hydrogen-bond acceptors (Lipinski definition) is 3. The van der Waals surface area contributed by atoms with Crippen LogP contribution in [0.15, 0.2) is 29.3 Å². The Bertz CT molecular complexity index is 516. The van der Waals surface area contributed by atoms with Gasteiger partial charge in [-0.25, -0.2) is 4.98 Å². The molecule has 0 fully saturated rings. The van der Waals surface area contributed by atoms with Gasteiger partial charge in [-0.1, -0.05) is 0 Å². The number of aromatic nitrogens is 2. The van der Waals surface area contributed by atoms with E-state index in [1.165, 1.54) is 0 Å². The summed E-state index contributed by atoms with van der Waals surface area (Å²) >= 11 is 0. The Labute approximate surface area is 81.2 Å². The van der Waals surface area contributed by atoms with Crippen LogP contribution in [0.3, 0.4) is 0 Å². The van der Waals surface area contributed by atoms with E-state index >= 15 is 0 Å². The van der Waals surface area contributed by atoms with Crippen molar-refractivity contribution in [3.05, 3.63) is 34.9 Å². The highest BCUT2D eigenvalue weighted by atomic mass is 16.1. The molecule has 2 aromatic heterocycles. The highest BCUT2D eigenvalue weighted by molar-refractivity contribution is 5.82. The van der Waals surface area contributed by atoms with Crippen LogP contribution >= 0.6 is 0 Å². The van der Waals surface area contributed by atoms with E-state index in [0.29, 0.717) is 5.39 Å². The Hall–Kier alpha value is -1.84. The molecule has 0 saturated carbocycles. The van der Waals surface area contributed by atoms with Crippen molar-refractivity contribution in [3.63, 3.8) is 0 Å². The molecule has 0 aliphatic heterocycles. The van der Waals surface area contributed by atoms with E-state index in [1.807, 2.05) is 31.1 Å². The van der Waals surface area contributed by atoms with Gasteiger partial charge in [0, 0.05) is 26.5 Å². The predicted molar refractivity (Wildman–Crippen MR) is 56.7 cm³/mol. The lowest BCUT2D eigenvalue weighted by molar-refractivity contribution is 1.07. The Morgan fingerprint density at radius 2 is 2.21 bits per heavy atom. The minimum atomic E-state index is -0.0969. The van der Waals surface area contributed by atoms with Gasteiger partial charge in [0.25, 0.3) is 5.56 Å². The average molecular weight is 189 g/mol. The van der Waals surface area contributed by atoms with E-state index in [1.54, 1.807) is 12.4 Å². The first-order chi connectivity index (χ1) is 6.68. The van der Waals surface area contributed by atoms with Gasteiger partial charge in [0.05, 0.1) is 5.39 Å². The number of fused-ring (bicyclic) bond motifs is 1. The number of H-pyrrole nitrogens is 1. The fraction of sp³-hybridized carbons (Fsp3) is 0.200. The number of aromatic amines is 1. The third-order valence-electron chi connectivity index (χ3n) is 2.10. The van der Waals surface area contributed by atoms with Gasteiger partial charge in [-0.15, -0.1) is 0 Å². The lowest BCUT2D eigenvalue weighted by Gasteiger charge is -2.10. The molecule has 0 atom stereocenters. The number of nitrogens with one attached hydrogen (secondary N) is 1. The smallest absolute Gasteiger partial charge is 0.257 e. The lowest BCUT2D eigenvalue weighted by Crippen LogP contribution is -2.11. The number of rotatable bonds is 1. The van der Waals surface area contributed by atoms with E-state index in [-0.39, 0.29) is 5.56 Å². The van der Waals surface area contributed by atoms with Gasteiger partial charge in [-0.05, 0) is 17.5 Å². The predicted octanol–water partition coefficient (Wildman–Crippen LogP) is 0.989. The van der Waals surface area contributed by atoms with Crippen LogP contribution in [0.2, 0.25) is 0 Å². The first-order valence-corrected chi connectivity index (χ1v) is 4.33. The van der Waals surface area contributed by atoms with Crippen molar-refractivity contribution in [3.8, 4) is 0 Å². The van der Waals surface area contributed by atoms with Crippen molar-refractivity contribution in [1.82, 2.24) is 9.97 Å². The molecule has 14 heavy (non-hydrogen) atoms. The normalized spacial score (nSPS) is 10.4. The van der Waals surface area contributed by atoms with Gasteiger partial charge in [0.1, 0.15) is 5.82 Å². The first kappa shape index (κ1) is 8.74. The molecule has 0 radical (unpaired) electrons. The van der Waals surface area contributed by atoms with Crippen molar-refractivity contribution in [2.75, 3.05) is 19.0 Å². The molecule has 0 bridgehead atoms. The molecular weight excluding hydrogens is 178 g/mol.